The van der Waals surface area contributed by atoms with Crippen molar-refractivity contribution < 1.29 is 14.3 Å². The maximum absolute atomic E-state index is 12.8. The van der Waals surface area contributed by atoms with Gasteiger partial charge in [-0.05, 0) is 19.3 Å². The number of ether oxygens (including phenoxy) is 2. The van der Waals surface area contributed by atoms with Gasteiger partial charge >= 0.3 is 0 Å². The molecule has 2 fully saturated rings. The van der Waals surface area contributed by atoms with Gasteiger partial charge in [0.25, 0.3) is 0 Å². The smallest absolute Gasteiger partial charge is 0.223 e. The van der Waals surface area contributed by atoms with E-state index in [-0.39, 0.29) is 18.1 Å². The lowest BCUT2D eigenvalue weighted by atomic mass is 9.93. The third-order valence-corrected chi connectivity index (χ3v) is 5.30. The number of carbonyl (C=O) groups excluding carboxylic acids is 1. The van der Waals surface area contributed by atoms with Crippen LogP contribution in [0.5, 0.6) is 0 Å². The molecule has 1 saturated heterocycles. The SMILES string of the molecule is COC1CCCC1C1COCCN1C(=O)CCc1cncn1C. The van der Waals surface area contributed by atoms with Crippen LogP contribution in [0.3, 0.4) is 0 Å². The summed E-state index contributed by atoms with van der Waals surface area (Å²) in [6.07, 6.45) is 8.53. The van der Waals surface area contributed by atoms with E-state index in [0.29, 0.717) is 32.1 Å². The van der Waals surface area contributed by atoms with E-state index in [0.717, 1.165) is 25.0 Å². The lowest BCUT2D eigenvalue weighted by Gasteiger charge is -2.40. The Morgan fingerprint density at radius 3 is 3.09 bits per heavy atom. The minimum absolute atomic E-state index is 0.162. The topological polar surface area (TPSA) is 56.6 Å². The van der Waals surface area contributed by atoms with Crippen LogP contribution in [0.2, 0.25) is 0 Å². The van der Waals surface area contributed by atoms with Crippen LogP contribution in [0.4, 0.5) is 0 Å². The van der Waals surface area contributed by atoms with Crippen molar-refractivity contribution in [2.45, 2.75) is 44.2 Å². The zero-order valence-electron chi connectivity index (χ0n) is 14.1. The number of imidazole rings is 1. The standard InChI is InChI=1S/C17H27N3O3/c1-19-12-18-10-13(19)6-7-17(21)20-8-9-23-11-15(20)14-4-3-5-16(14)22-2/h10,12,14-16H,3-9,11H2,1-2H3. The number of rotatable bonds is 5. The number of aryl methyl sites for hydroxylation is 2. The summed E-state index contributed by atoms with van der Waals surface area (Å²) < 4.78 is 13.3. The van der Waals surface area contributed by atoms with E-state index in [1.165, 1.54) is 6.42 Å². The molecule has 0 aromatic carbocycles. The Hall–Kier alpha value is -1.40. The minimum Gasteiger partial charge on any atom is -0.381 e. The molecule has 1 aliphatic heterocycles. The first-order valence-electron chi connectivity index (χ1n) is 8.56. The van der Waals surface area contributed by atoms with Gasteiger partial charge in [0.15, 0.2) is 0 Å². The van der Waals surface area contributed by atoms with Crippen LogP contribution in [-0.4, -0.2) is 59.4 Å². The van der Waals surface area contributed by atoms with E-state index >= 15 is 0 Å². The summed E-state index contributed by atoms with van der Waals surface area (Å²) in [5.41, 5.74) is 1.10. The molecule has 6 heteroatoms. The fourth-order valence-corrected chi connectivity index (χ4v) is 3.98. The Morgan fingerprint density at radius 2 is 2.35 bits per heavy atom. The van der Waals surface area contributed by atoms with Crippen LogP contribution < -0.4 is 0 Å². The van der Waals surface area contributed by atoms with Gasteiger partial charge in [0.05, 0.1) is 31.7 Å². The predicted molar refractivity (Wildman–Crippen MR) is 86.0 cm³/mol. The number of amides is 1. The minimum atomic E-state index is 0.162. The van der Waals surface area contributed by atoms with Gasteiger partial charge in [0.1, 0.15) is 0 Å². The third-order valence-electron chi connectivity index (χ3n) is 5.30. The van der Waals surface area contributed by atoms with Crippen molar-refractivity contribution in [3.8, 4) is 0 Å². The predicted octanol–water partition coefficient (Wildman–Crippen LogP) is 1.40. The van der Waals surface area contributed by atoms with E-state index < -0.39 is 0 Å². The van der Waals surface area contributed by atoms with Crippen molar-refractivity contribution in [1.82, 2.24) is 14.5 Å². The van der Waals surface area contributed by atoms with Gasteiger partial charge in [-0.25, -0.2) is 4.98 Å². The number of hydrogen-bond acceptors (Lipinski definition) is 4. The fourth-order valence-electron chi connectivity index (χ4n) is 3.98. The van der Waals surface area contributed by atoms with Gasteiger partial charge in [-0.2, -0.15) is 0 Å². The maximum Gasteiger partial charge on any atom is 0.223 e. The van der Waals surface area contributed by atoms with Crippen LogP contribution >= 0.6 is 0 Å². The average molecular weight is 321 g/mol. The highest BCUT2D eigenvalue weighted by Crippen LogP contribution is 2.34. The van der Waals surface area contributed by atoms with Crippen LogP contribution in [0.15, 0.2) is 12.5 Å². The molecular weight excluding hydrogens is 294 g/mol. The van der Waals surface area contributed by atoms with Gasteiger partial charge in [-0.15, -0.1) is 0 Å². The summed E-state index contributed by atoms with van der Waals surface area (Å²) in [7, 11) is 3.74. The summed E-state index contributed by atoms with van der Waals surface area (Å²) in [4.78, 5) is 18.9. The van der Waals surface area contributed by atoms with E-state index in [1.54, 1.807) is 13.4 Å². The molecule has 3 unspecified atom stereocenters. The van der Waals surface area contributed by atoms with Gasteiger partial charge in [-0.3, -0.25) is 4.79 Å². The molecule has 128 valence electrons. The Bertz CT molecular complexity index is 531. The number of hydrogen-bond donors (Lipinski definition) is 0. The van der Waals surface area contributed by atoms with E-state index in [9.17, 15) is 4.79 Å². The molecule has 1 aromatic heterocycles. The highest BCUT2D eigenvalue weighted by molar-refractivity contribution is 5.77. The molecule has 3 atom stereocenters. The molecule has 2 heterocycles. The van der Waals surface area contributed by atoms with Crippen LogP contribution in [0.1, 0.15) is 31.4 Å². The van der Waals surface area contributed by atoms with E-state index in [2.05, 4.69) is 4.98 Å². The maximum atomic E-state index is 12.8. The van der Waals surface area contributed by atoms with Crippen LogP contribution in [-0.2, 0) is 27.7 Å². The molecule has 0 radical (unpaired) electrons. The number of nitrogens with zero attached hydrogens (tertiary/aromatic N) is 3. The Balaban J connectivity index is 1.63. The number of aromatic nitrogens is 2. The van der Waals surface area contributed by atoms with Gasteiger partial charge < -0.3 is 18.9 Å². The first-order chi connectivity index (χ1) is 11.2. The Morgan fingerprint density at radius 1 is 1.48 bits per heavy atom. The quantitative estimate of drug-likeness (QED) is 0.822. The number of carbonyl (C=O) groups is 1. The van der Waals surface area contributed by atoms with Crippen LogP contribution in [0, 0.1) is 5.92 Å². The first-order valence-corrected chi connectivity index (χ1v) is 8.56. The number of morpholine rings is 1. The molecule has 0 spiro atoms. The monoisotopic (exact) mass is 321 g/mol. The Labute approximate surface area is 137 Å². The van der Waals surface area contributed by atoms with Crippen molar-refractivity contribution in [2.24, 2.45) is 13.0 Å². The zero-order chi connectivity index (χ0) is 16.2. The summed E-state index contributed by atoms with van der Waals surface area (Å²) in [5, 5.41) is 0. The normalized spacial score (nSPS) is 28.3. The second-order valence-corrected chi connectivity index (χ2v) is 6.59. The molecule has 1 aliphatic carbocycles. The van der Waals surface area contributed by atoms with Gasteiger partial charge in [0, 0.05) is 44.9 Å². The molecule has 1 amide bonds. The van der Waals surface area contributed by atoms with Gasteiger partial charge in [-0.1, -0.05) is 6.42 Å². The third kappa shape index (κ3) is 3.58. The molecular formula is C17H27N3O3. The molecule has 6 nitrogen and oxygen atoms in total. The average Bonchev–Trinajstić information content (AvgIpc) is 3.21. The number of methoxy groups -OCH3 is 1. The molecule has 0 bridgehead atoms. The van der Waals surface area contributed by atoms with Crippen molar-refractivity contribution in [1.29, 1.82) is 0 Å². The first kappa shape index (κ1) is 16.5. The second-order valence-electron chi connectivity index (χ2n) is 6.59. The highest BCUT2D eigenvalue weighted by atomic mass is 16.5. The molecule has 23 heavy (non-hydrogen) atoms. The fraction of sp³-hybridized carbons (Fsp3) is 0.765. The van der Waals surface area contributed by atoms with E-state index in [4.69, 9.17) is 9.47 Å². The second kappa shape index (κ2) is 7.45. The highest BCUT2D eigenvalue weighted by Gasteiger charge is 2.40. The lowest BCUT2D eigenvalue weighted by Crippen LogP contribution is -2.53. The molecule has 1 aromatic rings. The summed E-state index contributed by atoms with van der Waals surface area (Å²) in [5.74, 6) is 0.627. The molecule has 2 aliphatic rings. The Kier molecular flexibility index (Phi) is 5.33. The summed E-state index contributed by atoms with van der Waals surface area (Å²) >= 11 is 0. The van der Waals surface area contributed by atoms with Crippen molar-refractivity contribution in [3.05, 3.63) is 18.2 Å². The summed E-state index contributed by atoms with van der Waals surface area (Å²) in [6, 6.07) is 0.162. The van der Waals surface area contributed by atoms with Crippen molar-refractivity contribution >= 4 is 5.91 Å². The van der Waals surface area contributed by atoms with E-state index in [1.807, 2.05) is 22.7 Å². The zero-order valence-corrected chi connectivity index (χ0v) is 14.1. The summed E-state index contributed by atoms with van der Waals surface area (Å²) in [6.45, 7) is 1.97. The largest absolute Gasteiger partial charge is 0.381 e. The molecule has 0 N–H and O–H groups in total. The van der Waals surface area contributed by atoms with Gasteiger partial charge in [0.2, 0.25) is 5.91 Å². The van der Waals surface area contributed by atoms with Crippen LogP contribution in [0.25, 0.3) is 0 Å². The lowest BCUT2D eigenvalue weighted by molar-refractivity contribution is -0.144. The molecule has 1 saturated carbocycles. The van der Waals surface area contributed by atoms with Crippen molar-refractivity contribution in [3.63, 3.8) is 0 Å². The van der Waals surface area contributed by atoms with Crippen molar-refractivity contribution in [2.75, 3.05) is 26.9 Å². The molecule has 3 rings (SSSR count).